The number of nitrogens with two attached hydrogens (primary N) is 1. The molecular weight excluding hydrogens is 224 g/mol. The Morgan fingerprint density at radius 2 is 2.18 bits per heavy atom. The number of methoxy groups -OCH3 is 1. The van der Waals surface area contributed by atoms with Gasteiger partial charge in [-0.3, -0.25) is 5.43 Å². The second-order valence-corrected chi connectivity index (χ2v) is 3.28. The number of nitrogens with zero attached hydrogens (tertiary/aromatic N) is 1. The maximum Gasteiger partial charge on any atom is 0.349 e. The van der Waals surface area contributed by atoms with E-state index in [2.05, 4.69) is 15.5 Å². The number of hydrogen-bond acceptors (Lipinski definition) is 6. The van der Waals surface area contributed by atoms with Crippen molar-refractivity contribution in [1.82, 2.24) is 5.43 Å². The molecule has 1 atom stereocenters. The molecule has 17 heavy (non-hydrogen) atoms. The van der Waals surface area contributed by atoms with Crippen molar-refractivity contribution in [3.8, 4) is 5.75 Å². The highest BCUT2D eigenvalue weighted by Crippen LogP contribution is 2.13. The molecule has 0 amide bonds. The fourth-order valence-corrected chi connectivity index (χ4v) is 1.34. The van der Waals surface area contributed by atoms with Gasteiger partial charge in [0.1, 0.15) is 11.8 Å². The molecule has 0 aliphatic heterocycles. The Hall–Kier alpha value is -2.15. The van der Waals surface area contributed by atoms with Gasteiger partial charge in [-0.05, 0) is 17.7 Å². The Balaban J connectivity index is 2.71. The number of ether oxygens (including phenoxy) is 1. The van der Waals surface area contributed by atoms with Gasteiger partial charge in [0.2, 0.25) is 0 Å². The summed E-state index contributed by atoms with van der Waals surface area (Å²) in [5.41, 5.74) is 9.87. The molecule has 0 radical (unpaired) electrons. The third-order valence-corrected chi connectivity index (χ3v) is 2.22. The van der Waals surface area contributed by atoms with Crippen LogP contribution in [-0.4, -0.2) is 19.1 Å². The molecule has 7 nitrogen and oxygen atoms in total. The highest BCUT2D eigenvalue weighted by Gasteiger charge is 2.19. The molecule has 0 spiro atoms. The Kier molecular flexibility index (Phi) is 4.89. The van der Waals surface area contributed by atoms with Crippen LogP contribution in [0.4, 0.5) is 0 Å². The monoisotopic (exact) mass is 238 g/mol. The fourth-order valence-electron chi connectivity index (χ4n) is 1.34. The maximum atomic E-state index is 11.3. The molecule has 1 aromatic carbocycles. The second-order valence-electron chi connectivity index (χ2n) is 3.28. The highest BCUT2D eigenvalue weighted by atomic mass is 16.7. The molecule has 0 saturated carbocycles. The molecule has 0 aromatic heterocycles. The molecule has 0 aliphatic rings. The second kappa shape index (κ2) is 6.44. The van der Waals surface area contributed by atoms with Gasteiger partial charge in [0.05, 0.1) is 7.11 Å². The van der Waals surface area contributed by atoms with Gasteiger partial charge in [-0.2, -0.15) is 11.4 Å². The van der Waals surface area contributed by atoms with Gasteiger partial charge in [-0.25, -0.2) is 4.79 Å². The lowest BCUT2D eigenvalue weighted by Crippen LogP contribution is -2.37. The zero-order valence-corrected chi connectivity index (χ0v) is 9.34. The number of nitrogens with one attached hydrogen (secondary N) is 2. The van der Waals surface area contributed by atoms with Crippen LogP contribution in [0.2, 0.25) is 0 Å². The van der Waals surface area contributed by atoms with Gasteiger partial charge in [0.15, 0.2) is 0 Å². The van der Waals surface area contributed by atoms with Crippen LogP contribution < -0.4 is 16.1 Å². The van der Waals surface area contributed by atoms with Crippen molar-refractivity contribution in [1.29, 1.82) is 5.53 Å². The zero-order chi connectivity index (χ0) is 12.7. The molecular formula is C10H14N4O3. The summed E-state index contributed by atoms with van der Waals surface area (Å²) in [7, 11) is 1.57. The third kappa shape index (κ3) is 3.72. The van der Waals surface area contributed by atoms with Crippen LogP contribution in [-0.2, 0) is 16.1 Å². The van der Waals surface area contributed by atoms with E-state index in [1.165, 1.54) is 0 Å². The molecule has 7 heteroatoms. The number of carbonyl (C=O) groups is 1. The first-order valence-corrected chi connectivity index (χ1v) is 4.86. The van der Waals surface area contributed by atoms with Gasteiger partial charge < -0.3 is 9.57 Å². The van der Waals surface area contributed by atoms with Crippen LogP contribution in [0.25, 0.3) is 0 Å². The first-order valence-electron chi connectivity index (χ1n) is 4.86. The van der Waals surface area contributed by atoms with Crippen LogP contribution in [0.5, 0.6) is 5.75 Å². The van der Waals surface area contributed by atoms with E-state index in [1.807, 2.05) is 0 Å². The average Bonchev–Trinajstić information content (AvgIpc) is 2.38. The topological polar surface area (TPSA) is 110 Å². The summed E-state index contributed by atoms with van der Waals surface area (Å²) in [6, 6.07) is 6.39. The van der Waals surface area contributed by atoms with Gasteiger partial charge in [0.25, 0.3) is 0 Å². The normalized spacial score (nSPS) is 11.4. The van der Waals surface area contributed by atoms with Crippen molar-refractivity contribution in [2.24, 2.45) is 11.1 Å². The summed E-state index contributed by atoms with van der Waals surface area (Å²) < 4.78 is 5.01. The average molecular weight is 238 g/mol. The first-order chi connectivity index (χ1) is 8.21. The van der Waals surface area contributed by atoms with E-state index in [0.29, 0.717) is 6.42 Å². The molecule has 0 saturated heterocycles. The molecule has 1 aromatic rings. The summed E-state index contributed by atoms with van der Waals surface area (Å²) in [5, 5.41) is 2.95. The molecule has 0 heterocycles. The minimum Gasteiger partial charge on any atom is -0.497 e. The standard InChI is InChI=1S/C10H14N4O3/c1-16-8-4-2-7(3-5-8)6-9(13-14-11)10(15)17-12/h2-5,9H,6,12H2,1H3,(H2,11,13)/t9-/m0/s1. The Bertz CT molecular complexity index is 380. The Morgan fingerprint density at radius 1 is 1.53 bits per heavy atom. The van der Waals surface area contributed by atoms with Crippen LogP contribution >= 0.6 is 0 Å². The largest absolute Gasteiger partial charge is 0.497 e. The Morgan fingerprint density at radius 3 is 2.65 bits per heavy atom. The van der Waals surface area contributed by atoms with E-state index in [-0.39, 0.29) is 0 Å². The molecule has 4 N–H and O–H groups in total. The van der Waals surface area contributed by atoms with Crippen LogP contribution in [0.1, 0.15) is 5.56 Å². The van der Waals surface area contributed by atoms with Crippen molar-refractivity contribution >= 4 is 5.97 Å². The molecule has 0 aliphatic carbocycles. The van der Waals surface area contributed by atoms with Gasteiger partial charge >= 0.3 is 5.97 Å². The lowest BCUT2D eigenvalue weighted by Gasteiger charge is -2.12. The zero-order valence-electron chi connectivity index (χ0n) is 9.34. The van der Waals surface area contributed by atoms with Crippen LogP contribution in [0.3, 0.4) is 0 Å². The molecule has 0 bridgehead atoms. The minimum atomic E-state index is -0.772. The van der Waals surface area contributed by atoms with E-state index in [1.54, 1.807) is 31.4 Å². The quantitative estimate of drug-likeness (QED) is 0.495. The predicted octanol–water partition coefficient (Wildman–Crippen LogP) is 0.559. The van der Waals surface area contributed by atoms with Gasteiger partial charge in [-0.1, -0.05) is 17.4 Å². The summed E-state index contributed by atoms with van der Waals surface area (Å²) in [6.45, 7) is 0. The summed E-state index contributed by atoms with van der Waals surface area (Å²) in [4.78, 5) is 15.4. The smallest absolute Gasteiger partial charge is 0.349 e. The van der Waals surface area contributed by atoms with Crippen molar-refractivity contribution in [2.45, 2.75) is 12.5 Å². The lowest BCUT2D eigenvalue weighted by atomic mass is 10.1. The molecule has 92 valence electrons. The number of carbonyl (C=O) groups excluding carboxylic acids is 1. The van der Waals surface area contributed by atoms with Crippen molar-refractivity contribution < 1.29 is 14.4 Å². The summed E-state index contributed by atoms with van der Waals surface area (Å²) >= 11 is 0. The Labute approximate surface area is 98.3 Å². The van der Waals surface area contributed by atoms with E-state index in [4.69, 9.17) is 16.2 Å². The SMILES string of the molecule is COc1ccc(C[C@H](NN=N)C(=O)ON)cc1. The fraction of sp³-hybridized carbons (Fsp3) is 0.300. The molecule has 0 fully saturated rings. The highest BCUT2D eigenvalue weighted by molar-refractivity contribution is 5.75. The van der Waals surface area contributed by atoms with E-state index in [0.717, 1.165) is 11.3 Å². The first kappa shape index (κ1) is 12.9. The lowest BCUT2D eigenvalue weighted by molar-refractivity contribution is -0.146. The molecule has 1 rings (SSSR count). The van der Waals surface area contributed by atoms with Crippen molar-refractivity contribution in [2.75, 3.05) is 7.11 Å². The number of hydrogen-bond donors (Lipinski definition) is 3. The van der Waals surface area contributed by atoms with Crippen molar-refractivity contribution in [3.63, 3.8) is 0 Å². The summed E-state index contributed by atoms with van der Waals surface area (Å²) in [5.74, 6) is 4.85. The third-order valence-electron chi connectivity index (χ3n) is 2.22. The van der Waals surface area contributed by atoms with Crippen molar-refractivity contribution in [3.05, 3.63) is 29.8 Å². The maximum absolute atomic E-state index is 11.3. The minimum absolute atomic E-state index is 0.322. The molecule has 0 unspecified atom stereocenters. The van der Waals surface area contributed by atoms with Crippen LogP contribution in [0.15, 0.2) is 29.5 Å². The van der Waals surface area contributed by atoms with Gasteiger partial charge in [-0.15, -0.1) is 0 Å². The summed E-state index contributed by atoms with van der Waals surface area (Å²) in [6.07, 6.45) is 0.322. The number of rotatable bonds is 6. The van der Waals surface area contributed by atoms with Crippen LogP contribution in [0, 0.1) is 5.53 Å². The van der Waals surface area contributed by atoms with E-state index >= 15 is 0 Å². The predicted molar refractivity (Wildman–Crippen MR) is 59.0 cm³/mol. The van der Waals surface area contributed by atoms with Gasteiger partial charge in [0, 0.05) is 6.42 Å². The van der Waals surface area contributed by atoms with E-state index < -0.39 is 12.0 Å². The number of benzene rings is 1. The van der Waals surface area contributed by atoms with E-state index in [9.17, 15) is 4.79 Å².